The van der Waals surface area contributed by atoms with Gasteiger partial charge in [0.1, 0.15) is 9.86 Å². The number of benzene rings is 2. The van der Waals surface area contributed by atoms with Crippen molar-refractivity contribution in [3.63, 3.8) is 0 Å². The van der Waals surface area contributed by atoms with Crippen LogP contribution in [-0.2, 0) is 9.84 Å². The number of thiazole rings is 1. The zero-order valence-electron chi connectivity index (χ0n) is 25.1. The molecule has 2 aromatic carbocycles. The Labute approximate surface area is 260 Å². The van der Waals surface area contributed by atoms with Gasteiger partial charge in [-0.25, -0.2) is 13.4 Å². The number of aryl methyl sites for hydroxylation is 1. The fourth-order valence-corrected chi connectivity index (χ4v) is 7.76. The van der Waals surface area contributed by atoms with E-state index in [1.54, 1.807) is 35.0 Å². The summed E-state index contributed by atoms with van der Waals surface area (Å²) in [4.78, 5) is 29.6. The first-order chi connectivity index (χ1) is 21.1. The number of nitrogens with one attached hydrogen (secondary N) is 2. The molecule has 1 fully saturated rings. The summed E-state index contributed by atoms with van der Waals surface area (Å²) in [6.45, 7) is 7.91. The molecule has 0 amide bonds. The second kappa shape index (κ2) is 12.1. The van der Waals surface area contributed by atoms with E-state index in [0.29, 0.717) is 34.2 Å². The van der Waals surface area contributed by atoms with Gasteiger partial charge in [-0.05, 0) is 107 Å². The number of rotatable bonds is 8. The van der Waals surface area contributed by atoms with Crippen molar-refractivity contribution in [2.45, 2.75) is 54.8 Å². The van der Waals surface area contributed by atoms with E-state index in [1.165, 1.54) is 11.7 Å². The summed E-state index contributed by atoms with van der Waals surface area (Å²) in [7, 11) is -1.61. The largest absolute Gasteiger partial charge is 0.382 e. The molecule has 1 aliphatic heterocycles. The first kappa shape index (κ1) is 29.9. The van der Waals surface area contributed by atoms with Crippen molar-refractivity contribution in [2.24, 2.45) is 0 Å². The summed E-state index contributed by atoms with van der Waals surface area (Å²) < 4.78 is 28.2. The standard InChI is InChI=1S/C32H35N7O3S2/c1-20(2)39-30-22(15-28(31(39)40)27-16-26(10-5-21(27)3)44(41,42)29-18-33-19-43-29)17-34-32(37-30)36-24-8-6-23(7-9-24)35-25-11-13-38(4)14-12-25/h5-10,15-20,25,35H,11-14H2,1-4H3,(H,34,36,37). The van der Waals surface area contributed by atoms with E-state index in [2.05, 4.69) is 32.5 Å². The molecule has 10 nitrogen and oxygen atoms in total. The molecule has 228 valence electrons. The van der Waals surface area contributed by atoms with E-state index in [4.69, 9.17) is 4.98 Å². The Balaban J connectivity index is 1.31. The highest BCUT2D eigenvalue weighted by atomic mass is 32.2. The van der Waals surface area contributed by atoms with E-state index in [9.17, 15) is 13.2 Å². The molecule has 1 aliphatic rings. The highest BCUT2D eigenvalue weighted by molar-refractivity contribution is 7.93. The van der Waals surface area contributed by atoms with Gasteiger partial charge in [-0.3, -0.25) is 14.3 Å². The normalized spacial score (nSPS) is 14.8. The molecule has 0 saturated carbocycles. The minimum absolute atomic E-state index is 0.112. The Hall–Kier alpha value is -4.13. The van der Waals surface area contributed by atoms with Crippen molar-refractivity contribution in [2.75, 3.05) is 30.8 Å². The van der Waals surface area contributed by atoms with Crippen LogP contribution in [0.4, 0.5) is 17.3 Å². The summed E-state index contributed by atoms with van der Waals surface area (Å²) in [5.41, 5.74) is 5.37. The predicted octanol–water partition coefficient (Wildman–Crippen LogP) is 5.89. The SMILES string of the molecule is Cc1ccc(S(=O)(=O)c2cncs2)cc1-c1cc2cnc(Nc3ccc(NC4CCN(C)CC4)cc3)nc2n(C(C)C)c1=O. The number of anilines is 3. The van der Waals surface area contributed by atoms with Gasteiger partial charge in [-0.1, -0.05) is 6.07 Å². The van der Waals surface area contributed by atoms with Gasteiger partial charge in [0.15, 0.2) is 0 Å². The molecule has 5 aromatic rings. The van der Waals surface area contributed by atoms with Crippen LogP contribution in [0.2, 0.25) is 0 Å². The lowest BCUT2D eigenvalue weighted by Gasteiger charge is -2.30. The van der Waals surface area contributed by atoms with Gasteiger partial charge in [0.2, 0.25) is 15.8 Å². The molecule has 3 aromatic heterocycles. The smallest absolute Gasteiger partial charge is 0.260 e. The molecule has 2 N–H and O–H groups in total. The van der Waals surface area contributed by atoms with Crippen LogP contribution in [0.25, 0.3) is 22.2 Å². The average Bonchev–Trinajstić information content (AvgIpc) is 3.56. The fourth-order valence-electron chi connectivity index (χ4n) is 5.53. The van der Waals surface area contributed by atoms with Crippen molar-refractivity contribution < 1.29 is 8.42 Å². The number of piperidine rings is 1. The van der Waals surface area contributed by atoms with E-state index in [1.807, 2.05) is 45.0 Å². The maximum Gasteiger partial charge on any atom is 0.260 e. The molecule has 0 radical (unpaired) electrons. The molecule has 0 unspecified atom stereocenters. The maximum atomic E-state index is 14.0. The Morgan fingerprint density at radius 3 is 2.39 bits per heavy atom. The third kappa shape index (κ3) is 5.97. The zero-order chi connectivity index (χ0) is 31.0. The van der Waals surface area contributed by atoms with Gasteiger partial charge in [0.25, 0.3) is 5.56 Å². The molecule has 44 heavy (non-hydrogen) atoms. The minimum atomic E-state index is -3.76. The first-order valence-electron chi connectivity index (χ1n) is 14.6. The lowest BCUT2D eigenvalue weighted by molar-refractivity contribution is 0.264. The molecule has 6 rings (SSSR count). The fraction of sp³-hybridized carbons (Fsp3) is 0.312. The van der Waals surface area contributed by atoms with Crippen LogP contribution in [0.15, 0.2) is 80.3 Å². The molecule has 0 bridgehead atoms. The average molecular weight is 630 g/mol. The molecule has 0 spiro atoms. The predicted molar refractivity (Wildman–Crippen MR) is 176 cm³/mol. The summed E-state index contributed by atoms with van der Waals surface area (Å²) >= 11 is 1.06. The third-order valence-electron chi connectivity index (χ3n) is 8.00. The lowest BCUT2D eigenvalue weighted by atomic mass is 10.0. The van der Waals surface area contributed by atoms with Crippen molar-refractivity contribution in [1.29, 1.82) is 0 Å². The number of fused-ring (bicyclic) bond motifs is 1. The molecule has 12 heteroatoms. The third-order valence-corrected chi connectivity index (χ3v) is 11.0. The van der Waals surface area contributed by atoms with Gasteiger partial charge < -0.3 is 15.5 Å². The number of hydrogen-bond acceptors (Lipinski definition) is 10. The second-order valence-corrected chi connectivity index (χ2v) is 14.6. The van der Waals surface area contributed by atoms with Crippen molar-refractivity contribution in [3.8, 4) is 11.1 Å². The highest BCUT2D eigenvalue weighted by Gasteiger charge is 2.23. The molecule has 0 atom stereocenters. The summed E-state index contributed by atoms with van der Waals surface area (Å²) in [5, 5.41) is 7.57. The quantitative estimate of drug-likeness (QED) is 0.216. The van der Waals surface area contributed by atoms with Crippen LogP contribution in [0.1, 0.15) is 38.3 Å². The van der Waals surface area contributed by atoms with E-state index in [0.717, 1.165) is 54.2 Å². The molecule has 1 saturated heterocycles. The van der Waals surface area contributed by atoms with Gasteiger partial charge in [-0.15, -0.1) is 11.3 Å². The number of nitrogens with zero attached hydrogens (tertiary/aromatic N) is 5. The van der Waals surface area contributed by atoms with Crippen LogP contribution in [0.5, 0.6) is 0 Å². The molecular weight excluding hydrogens is 595 g/mol. The number of sulfone groups is 1. The van der Waals surface area contributed by atoms with Gasteiger partial charge in [0, 0.05) is 40.6 Å². The summed E-state index contributed by atoms with van der Waals surface area (Å²) in [5.74, 6) is 0.379. The Kier molecular flexibility index (Phi) is 8.23. The van der Waals surface area contributed by atoms with Crippen molar-refractivity contribution in [3.05, 3.63) is 82.4 Å². The van der Waals surface area contributed by atoms with Gasteiger partial charge in [0.05, 0.1) is 16.6 Å². The first-order valence-corrected chi connectivity index (χ1v) is 17.0. The Morgan fingerprint density at radius 2 is 1.70 bits per heavy atom. The summed E-state index contributed by atoms with van der Waals surface area (Å²) in [6.07, 6.45) is 5.27. The van der Waals surface area contributed by atoms with Crippen LogP contribution < -0.4 is 16.2 Å². The van der Waals surface area contributed by atoms with Crippen LogP contribution in [-0.4, -0.2) is 59.0 Å². The second-order valence-electron chi connectivity index (χ2n) is 11.5. The Bertz CT molecular complexity index is 1960. The van der Waals surface area contributed by atoms with Crippen molar-refractivity contribution >= 4 is 49.5 Å². The summed E-state index contributed by atoms with van der Waals surface area (Å²) in [6, 6.07) is 14.9. The Morgan fingerprint density at radius 1 is 0.977 bits per heavy atom. The number of pyridine rings is 1. The highest BCUT2D eigenvalue weighted by Crippen LogP contribution is 2.31. The zero-order valence-corrected chi connectivity index (χ0v) is 26.7. The molecular formula is C32H35N7O3S2. The van der Waals surface area contributed by atoms with E-state index >= 15 is 0 Å². The van der Waals surface area contributed by atoms with Gasteiger partial charge in [-0.2, -0.15) is 4.98 Å². The van der Waals surface area contributed by atoms with E-state index in [-0.39, 0.29) is 20.7 Å². The topological polar surface area (TPSA) is 122 Å². The number of hydrogen-bond donors (Lipinski definition) is 2. The minimum Gasteiger partial charge on any atom is -0.382 e. The van der Waals surface area contributed by atoms with Crippen molar-refractivity contribution in [1.82, 2.24) is 24.4 Å². The van der Waals surface area contributed by atoms with E-state index < -0.39 is 9.84 Å². The van der Waals surface area contributed by atoms with Crippen LogP contribution in [0, 0.1) is 6.92 Å². The van der Waals surface area contributed by atoms with Crippen LogP contribution >= 0.6 is 11.3 Å². The lowest BCUT2D eigenvalue weighted by Crippen LogP contribution is -2.36. The van der Waals surface area contributed by atoms with Crippen LogP contribution in [0.3, 0.4) is 0 Å². The molecule has 0 aliphatic carbocycles. The maximum absolute atomic E-state index is 14.0. The molecule has 4 heterocycles. The number of likely N-dealkylation sites (tertiary alicyclic amines) is 1. The number of aromatic nitrogens is 4. The monoisotopic (exact) mass is 629 g/mol. The van der Waals surface area contributed by atoms with Gasteiger partial charge >= 0.3 is 0 Å².